The number of nitrogens with zero attached hydrogens (tertiary/aromatic N) is 1. The Balaban J connectivity index is 1.85. The van der Waals surface area contributed by atoms with Crippen LogP contribution in [0.1, 0.15) is 40.0 Å². The second kappa shape index (κ2) is 4.30. The van der Waals surface area contributed by atoms with Gasteiger partial charge >= 0.3 is 6.09 Å². The Kier molecular flexibility index (Phi) is 3.28. The van der Waals surface area contributed by atoms with Crippen molar-refractivity contribution in [3.05, 3.63) is 0 Å². The maximum absolute atomic E-state index is 13.2. The van der Waals surface area contributed by atoms with E-state index in [1.165, 1.54) is 0 Å². The van der Waals surface area contributed by atoms with E-state index in [0.717, 1.165) is 0 Å². The molecule has 0 aromatic rings. The van der Waals surface area contributed by atoms with Crippen molar-refractivity contribution in [3.8, 4) is 0 Å². The molecule has 6 heteroatoms. The molecule has 0 bridgehead atoms. The molecule has 1 unspecified atom stereocenters. The molecule has 2 fully saturated rings. The topological polar surface area (TPSA) is 55.6 Å². The van der Waals surface area contributed by atoms with Gasteiger partial charge in [-0.2, -0.15) is 0 Å². The summed E-state index contributed by atoms with van der Waals surface area (Å²) in [5, 5.41) is 0. The van der Waals surface area contributed by atoms with Crippen molar-refractivity contribution in [3.63, 3.8) is 0 Å². The minimum absolute atomic E-state index is 0.207. The Morgan fingerprint density at radius 2 is 1.79 bits per heavy atom. The number of carbonyl (C=O) groups excluding carboxylic acids is 1. The highest BCUT2D eigenvalue weighted by Gasteiger charge is 2.71. The molecule has 2 N–H and O–H groups in total. The lowest BCUT2D eigenvalue weighted by Crippen LogP contribution is -2.48. The van der Waals surface area contributed by atoms with Crippen LogP contribution in [0.2, 0.25) is 0 Å². The summed E-state index contributed by atoms with van der Waals surface area (Å²) in [4.78, 5) is 13.4. The van der Waals surface area contributed by atoms with E-state index in [1.54, 1.807) is 25.7 Å². The zero-order valence-electron chi connectivity index (χ0n) is 11.7. The summed E-state index contributed by atoms with van der Waals surface area (Å²) in [6.07, 6.45) is 0.438. The third-order valence-electron chi connectivity index (χ3n) is 3.95. The number of alkyl halides is 2. The molecule has 110 valence electrons. The highest BCUT2D eigenvalue weighted by Crippen LogP contribution is 2.57. The molecule has 1 aliphatic carbocycles. The van der Waals surface area contributed by atoms with E-state index in [0.29, 0.717) is 25.9 Å². The third-order valence-corrected chi connectivity index (χ3v) is 3.95. The molecule has 2 aliphatic rings. The smallest absolute Gasteiger partial charge is 0.410 e. The summed E-state index contributed by atoms with van der Waals surface area (Å²) < 4.78 is 31.7. The zero-order chi connectivity index (χ0) is 14.5. The molecule has 0 aromatic heterocycles. The molecule has 0 spiro atoms. The van der Waals surface area contributed by atoms with Crippen LogP contribution in [0, 0.1) is 5.92 Å². The van der Waals surface area contributed by atoms with E-state index in [2.05, 4.69) is 0 Å². The number of hydrogen-bond donors (Lipinski definition) is 1. The van der Waals surface area contributed by atoms with Gasteiger partial charge in [-0.05, 0) is 39.5 Å². The Bertz CT molecular complexity index is 373. The van der Waals surface area contributed by atoms with Gasteiger partial charge in [0.05, 0.1) is 5.54 Å². The van der Waals surface area contributed by atoms with Crippen LogP contribution in [0.3, 0.4) is 0 Å². The Labute approximate surface area is 112 Å². The highest BCUT2D eigenvalue weighted by molar-refractivity contribution is 5.68. The molecule has 2 rings (SSSR count). The molecule has 1 amide bonds. The van der Waals surface area contributed by atoms with Crippen LogP contribution in [0.15, 0.2) is 0 Å². The molecule has 1 saturated heterocycles. The number of ether oxygens (including phenoxy) is 1. The Morgan fingerprint density at radius 3 is 2.16 bits per heavy atom. The van der Waals surface area contributed by atoms with Crippen LogP contribution in [-0.2, 0) is 4.74 Å². The van der Waals surface area contributed by atoms with Gasteiger partial charge in [0, 0.05) is 19.5 Å². The molecular weight excluding hydrogens is 254 g/mol. The molecule has 4 nitrogen and oxygen atoms in total. The number of likely N-dealkylation sites (tertiary alicyclic amines) is 1. The van der Waals surface area contributed by atoms with Gasteiger partial charge in [-0.15, -0.1) is 0 Å². The van der Waals surface area contributed by atoms with Crippen molar-refractivity contribution < 1.29 is 18.3 Å². The lowest BCUT2D eigenvalue weighted by molar-refractivity contribution is 0.0121. The quantitative estimate of drug-likeness (QED) is 0.800. The first-order chi connectivity index (χ1) is 8.55. The van der Waals surface area contributed by atoms with Gasteiger partial charge in [-0.1, -0.05) is 0 Å². The number of nitrogens with two attached hydrogens (primary N) is 1. The van der Waals surface area contributed by atoms with E-state index in [4.69, 9.17) is 10.5 Å². The minimum Gasteiger partial charge on any atom is -0.444 e. The van der Waals surface area contributed by atoms with E-state index in [-0.39, 0.29) is 18.4 Å². The minimum atomic E-state index is -2.73. The SMILES string of the molecule is CC(C)(C)OC(=O)N1CCC(C2(N)CC2(F)F)CC1. The van der Waals surface area contributed by atoms with Crippen LogP contribution < -0.4 is 5.73 Å². The summed E-state index contributed by atoms with van der Waals surface area (Å²) in [6, 6.07) is 0. The fraction of sp³-hybridized carbons (Fsp3) is 0.923. The number of amides is 1. The van der Waals surface area contributed by atoms with Gasteiger partial charge in [-0.25, -0.2) is 13.6 Å². The van der Waals surface area contributed by atoms with E-state index >= 15 is 0 Å². The molecule has 1 atom stereocenters. The average Bonchev–Trinajstić information content (AvgIpc) is 2.77. The maximum atomic E-state index is 13.2. The highest BCUT2D eigenvalue weighted by atomic mass is 19.3. The summed E-state index contributed by atoms with van der Waals surface area (Å²) in [7, 11) is 0. The number of carbonyl (C=O) groups is 1. The summed E-state index contributed by atoms with van der Waals surface area (Å²) in [5.41, 5.74) is 3.86. The monoisotopic (exact) mass is 276 g/mol. The lowest BCUT2D eigenvalue weighted by atomic mass is 9.87. The number of hydrogen-bond acceptors (Lipinski definition) is 3. The predicted molar refractivity (Wildman–Crippen MR) is 67.0 cm³/mol. The van der Waals surface area contributed by atoms with Crippen molar-refractivity contribution in [1.29, 1.82) is 0 Å². The first-order valence-corrected chi connectivity index (χ1v) is 6.70. The summed E-state index contributed by atoms with van der Waals surface area (Å²) in [5.74, 6) is -2.94. The molecule has 19 heavy (non-hydrogen) atoms. The Morgan fingerprint density at radius 1 is 1.32 bits per heavy atom. The van der Waals surface area contributed by atoms with E-state index in [1.807, 2.05) is 0 Å². The van der Waals surface area contributed by atoms with Gasteiger partial charge in [0.2, 0.25) is 0 Å². The van der Waals surface area contributed by atoms with Gasteiger partial charge in [0.25, 0.3) is 5.92 Å². The van der Waals surface area contributed by atoms with Gasteiger partial charge in [0.15, 0.2) is 0 Å². The maximum Gasteiger partial charge on any atom is 0.410 e. The second-order valence-corrected chi connectivity index (χ2v) is 6.66. The van der Waals surface area contributed by atoms with Gasteiger partial charge < -0.3 is 15.4 Å². The largest absolute Gasteiger partial charge is 0.444 e. The molecule has 0 radical (unpaired) electrons. The lowest BCUT2D eigenvalue weighted by Gasteiger charge is -2.35. The van der Waals surface area contributed by atoms with Crippen LogP contribution in [-0.4, -0.2) is 41.1 Å². The fourth-order valence-corrected chi connectivity index (χ4v) is 2.67. The normalized spacial score (nSPS) is 31.2. The van der Waals surface area contributed by atoms with Crippen LogP contribution in [0.25, 0.3) is 0 Å². The van der Waals surface area contributed by atoms with E-state index < -0.39 is 17.1 Å². The average molecular weight is 276 g/mol. The molecule has 1 aliphatic heterocycles. The van der Waals surface area contributed by atoms with Crippen LogP contribution in [0.5, 0.6) is 0 Å². The number of halogens is 2. The summed E-state index contributed by atoms with van der Waals surface area (Å²) in [6.45, 7) is 6.29. The third kappa shape index (κ3) is 2.83. The van der Waals surface area contributed by atoms with Gasteiger partial charge in [-0.3, -0.25) is 0 Å². The summed E-state index contributed by atoms with van der Waals surface area (Å²) >= 11 is 0. The van der Waals surface area contributed by atoms with Crippen molar-refractivity contribution in [2.45, 2.75) is 57.1 Å². The molecule has 0 aromatic carbocycles. The number of rotatable bonds is 1. The standard InChI is InChI=1S/C13H22F2N2O2/c1-11(2,3)19-10(18)17-6-4-9(5-7-17)12(16)8-13(12,14)15/h9H,4-8,16H2,1-3H3. The molecular formula is C13H22F2N2O2. The van der Waals surface area contributed by atoms with Crippen molar-refractivity contribution in [2.75, 3.05) is 13.1 Å². The van der Waals surface area contributed by atoms with Crippen LogP contribution >= 0.6 is 0 Å². The Hall–Kier alpha value is -0.910. The molecule has 1 heterocycles. The predicted octanol–water partition coefficient (Wildman–Crippen LogP) is 2.37. The van der Waals surface area contributed by atoms with Gasteiger partial charge in [0.1, 0.15) is 5.60 Å². The number of piperidine rings is 1. The zero-order valence-corrected chi connectivity index (χ0v) is 11.7. The second-order valence-electron chi connectivity index (χ2n) is 6.66. The van der Waals surface area contributed by atoms with Crippen LogP contribution in [0.4, 0.5) is 13.6 Å². The van der Waals surface area contributed by atoms with E-state index in [9.17, 15) is 13.6 Å². The molecule has 1 saturated carbocycles. The first kappa shape index (κ1) is 14.5. The first-order valence-electron chi connectivity index (χ1n) is 6.70. The van der Waals surface area contributed by atoms with Crippen molar-refractivity contribution >= 4 is 6.09 Å². The fourth-order valence-electron chi connectivity index (χ4n) is 2.67. The van der Waals surface area contributed by atoms with Crippen molar-refractivity contribution in [1.82, 2.24) is 4.90 Å². The van der Waals surface area contributed by atoms with Crippen molar-refractivity contribution in [2.24, 2.45) is 11.7 Å².